The molecule has 0 aliphatic heterocycles. The van der Waals surface area contributed by atoms with Crippen LogP contribution in [0.5, 0.6) is 5.75 Å². The zero-order valence-corrected chi connectivity index (χ0v) is 19.3. The molecule has 3 aromatic rings. The fourth-order valence-electron chi connectivity index (χ4n) is 4.35. The molecule has 8 heteroatoms. The van der Waals surface area contributed by atoms with E-state index < -0.39 is 0 Å². The van der Waals surface area contributed by atoms with Crippen molar-refractivity contribution in [1.82, 2.24) is 15.3 Å². The third-order valence-electron chi connectivity index (χ3n) is 6.13. The van der Waals surface area contributed by atoms with Gasteiger partial charge in [-0.15, -0.1) is 0 Å². The van der Waals surface area contributed by atoms with Crippen LogP contribution in [0.2, 0.25) is 0 Å². The highest BCUT2D eigenvalue weighted by Crippen LogP contribution is 2.37. The molecule has 0 spiro atoms. The molecule has 2 aromatic carbocycles. The van der Waals surface area contributed by atoms with Gasteiger partial charge in [-0.1, -0.05) is 24.3 Å². The van der Waals surface area contributed by atoms with E-state index in [9.17, 15) is 14.4 Å². The summed E-state index contributed by atoms with van der Waals surface area (Å²) in [7, 11) is 1.59. The Hall–Kier alpha value is -4.07. The summed E-state index contributed by atoms with van der Waals surface area (Å²) >= 11 is 0. The van der Waals surface area contributed by atoms with Crippen LogP contribution in [0, 0.1) is 6.92 Å². The number of amides is 2. The summed E-state index contributed by atoms with van der Waals surface area (Å²) in [5, 5.41) is 5.62. The number of Topliss-reactive ketones (excluding diaryl/α,β-unsaturated/α-hetero) is 1. The molecular formula is C26H26N4O4. The molecule has 174 valence electrons. The number of rotatable bonds is 7. The summed E-state index contributed by atoms with van der Waals surface area (Å²) < 4.78 is 5.20. The van der Waals surface area contributed by atoms with Crippen LogP contribution in [-0.4, -0.2) is 34.7 Å². The Balaban J connectivity index is 1.43. The topological polar surface area (TPSA) is 110 Å². The molecule has 0 saturated carbocycles. The standard InChI is InChI=1S/C26H26N4O4/c1-15-19(16(2)31)7-9-21-20(15)8-10-22(21)25(32)30-24-12-23(28-14-29-24)26(33)27-13-17-5-4-6-18(11-17)34-3/h4-7,9,11-12,14,22H,8,10,13H2,1-3H3,(H,27,33)(H,28,29,30,32)/t22-/m0/s1. The minimum atomic E-state index is -0.376. The Kier molecular flexibility index (Phi) is 6.67. The average Bonchev–Trinajstić information content (AvgIpc) is 3.28. The van der Waals surface area contributed by atoms with Gasteiger partial charge < -0.3 is 15.4 Å². The average molecular weight is 459 g/mol. The van der Waals surface area contributed by atoms with Gasteiger partial charge in [0.05, 0.1) is 13.0 Å². The maximum absolute atomic E-state index is 13.0. The van der Waals surface area contributed by atoms with Gasteiger partial charge in [-0.3, -0.25) is 14.4 Å². The first-order chi connectivity index (χ1) is 16.4. The van der Waals surface area contributed by atoms with Gasteiger partial charge in [0, 0.05) is 18.2 Å². The number of ketones is 1. The van der Waals surface area contributed by atoms with Crippen LogP contribution in [0.1, 0.15) is 62.4 Å². The number of methoxy groups -OCH3 is 1. The molecule has 8 nitrogen and oxygen atoms in total. The zero-order valence-electron chi connectivity index (χ0n) is 19.3. The van der Waals surface area contributed by atoms with Crippen molar-refractivity contribution in [3.05, 3.63) is 82.3 Å². The highest BCUT2D eigenvalue weighted by molar-refractivity contribution is 5.99. The summed E-state index contributed by atoms with van der Waals surface area (Å²) in [5.74, 6) is 0.0768. The third-order valence-corrected chi connectivity index (χ3v) is 6.13. The van der Waals surface area contributed by atoms with Crippen molar-refractivity contribution in [2.24, 2.45) is 0 Å². The van der Waals surface area contributed by atoms with Crippen LogP contribution in [0.15, 0.2) is 48.8 Å². The number of carbonyl (C=O) groups is 3. The van der Waals surface area contributed by atoms with E-state index in [1.54, 1.807) is 20.1 Å². The van der Waals surface area contributed by atoms with Crippen molar-refractivity contribution in [3.63, 3.8) is 0 Å². The molecule has 0 bridgehead atoms. The largest absolute Gasteiger partial charge is 0.497 e. The normalized spacial score (nSPS) is 14.3. The number of benzene rings is 2. The lowest BCUT2D eigenvalue weighted by Gasteiger charge is -2.14. The number of nitrogens with one attached hydrogen (secondary N) is 2. The molecule has 1 aliphatic rings. The molecule has 34 heavy (non-hydrogen) atoms. The first kappa shape index (κ1) is 23.1. The molecule has 0 fully saturated rings. The number of hydrogen-bond acceptors (Lipinski definition) is 6. The lowest BCUT2D eigenvalue weighted by Crippen LogP contribution is -2.25. The Morgan fingerprint density at radius 1 is 1.12 bits per heavy atom. The van der Waals surface area contributed by atoms with Gasteiger partial charge in [0.2, 0.25) is 5.91 Å². The smallest absolute Gasteiger partial charge is 0.270 e. The van der Waals surface area contributed by atoms with Crippen LogP contribution in [0.4, 0.5) is 5.82 Å². The number of anilines is 1. The molecule has 0 unspecified atom stereocenters. The van der Waals surface area contributed by atoms with Crippen molar-refractivity contribution >= 4 is 23.4 Å². The second kappa shape index (κ2) is 9.82. The Morgan fingerprint density at radius 3 is 2.71 bits per heavy atom. The van der Waals surface area contributed by atoms with Crippen LogP contribution in [0.3, 0.4) is 0 Å². The van der Waals surface area contributed by atoms with Crippen LogP contribution in [-0.2, 0) is 17.8 Å². The van der Waals surface area contributed by atoms with Crippen molar-refractivity contribution in [3.8, 4) is 5.75 Å². The number of fused-ring (bicyclic) bond motifs is 1. The van der Waals surface area contributed by atoms with E-state index >= 15 is 0 Å². The fourth-order valence-corrected chi connectivity index (χ4v) is 4.35. The minimum Gasteiger partial charge on any atom is -0.497 e. The molecule has 0 saturated heterocycles. The quantitative estimate of drug-likeness (QED) is 0.524. The lowest BCUT2D eigenvalue weighted by atomic mass is 9.94. The summed E-state index contributed by atoms with van der Waals surface area (Å²) in [4.78, 5) is 45.6. The van der Waals surface area contributed by atoms with Crippen LogP contribution < -0.4 is 15.4 Å². The fraction of sp³-hybridized carbons (Fsp3) is 0.269. The van der Waals surface area contributed by atoms with E-state index in [4.69, 9.17) is 4.74 Å². The molecule has 2 N–H and O–H groups in total. The van der Waals surface area contributed by atoms with Crippen molar-refractivity contribution in [2.75, 3.05) is 12.4 Å². The second-order valence-corrected chi connectivity index (χ2v) is 8.27. The van der Waals surface area contributed by atoms with Gasteiger partial charge in [-0.05, 0) is 61.1 Å². The van der Waals surface area contributed by atoms with E-state index in [1.165, 1.54) is 12.4 Å². The zero-order chi connectivity index (χ0) is 24.2. The van der Waals surface area contributed by atoms with Gasteiger partial charge in [0.15, 0.2) is 5.78 Å². The highest BCUT2D eigenvalue weighted by Gasteiger charge is 2.31. The molecule has 1 aliphatic carbocycles. The van der Waals surface area contributed by atoms with E-state index in [2.05, 4.69) is 20.6 Å². The highest BCUT2D eigenvalue weighted by atomic mass is 16.5. The van der Waals surface area contributed by atoms with Gasteiger partial charge in [-0.2, -0.15) is 0 Å². The Morgan fingerprint density at radius 2 is 1.94 bits per heavy atom. The number of aromatic nitrogens is 2. The first-order valence-corrected chi connectivity index (χ1v) is 11.0. The van der Waals surface area contributed by atoms with Crippen molar-refractivity contribution in [1.29, 1.82) is 0 Å². The molecule has 1 atom stereocenters. The molecule has 4 rings (SSSR count). The van der Waals surface area contributed by atoms with E-state index in [1.807, 2.05) is 37.3 Å². The van der Waals surface area contributed by atoms with Gasteiger partial charge in [0.25, 0.3) is 5.91 Å². The lowest BCUT2D eigenvalue weighted by molar-refractivity contribution is -0.117. The molecule has 0 radical (unpaired) electrons. The molecule has 1 heterocycles. The summed E-state index contributed by atoms with van der Waals surface area (Å²) in [5.41, 5.74) is 4.68. The minimum absolute atomic E-state index is 0.0198. The van der Waals surface area contributed by atoms with Gasteiger partial charge >= 0.3 is 0 Å². The monoisotopic (exact) mass is 458 g/mol. The molecular weight excluding hydrogens is 432 g/mol. The van der Waals surface area contributed by atoms with E-state index in [0.717, 1.165) is 28.7 Å². The Bertz CT molecular complexity index is 1270. The summed E-state index contributed by atoms with van der Waals surface area (Å²) in [6.07, 6.45) is 2.65. The van der Waals surface area contributed by atoms with Gasteiger partial charge in [0.1, 0.15) is 23.6 Å². The van der Waals surface area contributed by atoms with E-state index in [-0.39, 0.29) is 35.0 Å². The Labute approximate surface area is 197 Å². The molecule has 2 amide bonds. The predicted octanol–water partition coefficient (Wildman–Crippen LogP) is 3.59. The summed E-state index contributed by atoms with van der Waals surface area (Å²) in [6.45, 7) is 3.78. The third kappa shape index (κ3) is 4.80. The number of ether oxygens (including phenoxy) is 1. The SMILES string of the molecule is COc1cccc(CNC(=O)c2cc(NC(=O)[C@H]3CCc4c3ccc(C(C)=O)c4C)ncn2)c1. The number of nitrogens with zero attached hydrogens (tertiary/aromatic N) is 2. The van der Waals surface area contributed by atoms with Crippen molar-refractivity contribution < 1.29 is 19.1 Å². The van der Waals surface area contributed by atoms with E-state index in [0.29, 0.717) is 24.3 Å². The summed E-state index contributed by atoms with van der Waals surface area (Å²) in [6, 6.07) is 12.5. The number of hydrogen-bond donors (Lipinski definition) is 2. The number of carbonyl (C=O) groups excluding carboxylic acids is 3. The first-order valence-electron chi connectivity index (χ1n) is 11.0. The van der Waals surface area contributed by atoms with Crippen LogP contribution >= 0.6 is 0 Å². The van der Waals surface area contributed by atoms with Crippen LogP contribution in [0.25, 0.3) is 0 Å². The second-order valence-electron chi connectivity index (χ2n) is 8.27. The van der Waals surface area contributed by atoms with Gasteiger partial charge in [-0.25, -0.2) is 9.97 Å². The van der Waals surface area contributed by atoms with Crippen molar-refractivity contribution in [2.45, 2.75) is 39.2 Å². The maximum Gasteiger partial charge on any atom is 0.270 e. The maximum atomic E-state index is 13.0. The molecule has 1 aromatic heterocycles. The predicted molar refractivity (Wildman–Crippen MR) is 127 cm³/mol.